The lowest BCUT2D eigenvalue weighted by Crippen LogP contribution is -2.18. The Morgan fingerprint density at radius 2 is 2.13 bits per heavy atom. The average Bonchev–Trinajstić information content (AvgIpc) is 2.23. The Labute approximate surface area is 99.7 Å². The Balaban J connectivity index is 2.66. The number of methoxy groups -OCH3 is 1. The van der Waals surface area contributed by atoms with Gasteiger partial charge in [0.25, 0.3) is 0 Å². The molecule has 1 unspecified atom stereocenters. The van der Waals surface area contributed by atoms with Gasteiger partial charge in [-0.3, -0.25) is 0 Å². The molecule has 0 aliphatic carbocycles. The molecule has 0 saturated carbocycles. The molecule has 0 heterocycles. The first-order chi connectivity index (χ1) is 7.17. The van der Waals surface area contributed by atoms with Crippen LogP contribution in [0, 0.1) is 6.92 Å². The fourth-order valence-corrected chi connectivity index (χ4v) is 1.55. The van der Waals surface area contributed by atoms with Crippen molar-refractivity contribution in [2.75, 3.05) is 7.11 Å². The van der Waals surface area contributed by atoms with Crippen molar-refractivity contribution in [3.05, 3.63) is 28.2 Å². The second-order valence-corrected chi connectivity index (χ2v) is 4.34. The maximum Gasteiger partial charge on any atom is 0.199 e. The van der Waals surface area contributed by atoms with Gasteiger partial charge in [0.15, 0.2) is 6.29 Å². The van der Waals surface area contributed by atoms with E-state index < -0.39 is 0 Å². The molecule has 15 heavy (non-hydrogen) atoms. The number of rotatable bonds is 5. The van der Waals surface area contributed by atoms with E-state index in [1.54, 1.807) is 7.11 Å². The van der Waals surface area contributed by atoms with Crippen LogP contribution in [0.1, 0.15) is 25.3 Å². The first kappa shape index (κ1) is 12.5. The predicted octanol–water partition coefficient (Wildman–Crippen LogP) is 3.91. The van der Waals surface area contributed by atoms with E-state index >= 15 is 0 Å². The number of benzene rings is 1. The maximum atomic E-state index is 5.70. The van der Waals surface area contributed by atoms with Crippen LogP contribution >= 0.6 is 15.9 Å². The summed E-state index contributed by atoms with van der Waals surface area (Å²) in [6, 6.07) is 5.94. The molecule has 0 saturated heterocycles. The highest BCUT2D eigenvalue weighted by atomic mass is 79.9. The first-order valence-electron chi connectivity index (χ1n) is 5.13. The fourth-order valence-electron chi connectivity index (χ4n) is 1.30. The summed E-state index contributed by atoms with van der Waals surface area (Å²) in [6.07, 6.45) is 1.81. The van der Waals surface area contributed by atoms with Gasteiger partial charge in [-0.25, -0.2) is 0 Å². The van der Waals surface area contributed by atoms with Crippen molar-refractivity contribution in [2.24, 2.45) is 0 Å². The molecule has 1 atom stereocenters. The smallest absolute Gasteiger partial charge is 0.199 e. The van der Waals surface area contributed by atoms with E-state index in [0.717, 1.165) is 23.1 Å². The second-order valence-electron chi connectivity index (χ2n) is 3.48. The maximum absolute atomic E-state index is 5.70. The minimum Gasteiger partial charge on any atom is -0.465 e. The van der Waals surface area contributed by atoms with E-state index in [1.807, 2.05) is 25.1 Å². The number of hydrogen-bond donors (Lipinski definition) is 0. The van der Waals surface area contributed by atoms with Crippen molar-refractivity contribution < 1.29 is 9.47 Å². The molecule has 0 fully saturated rings. The van der Waals surface area contributed by atoms with Crippen LogP contribution in [0.3, 0.4) is 0 Å². The van der Waals surface area contributed by atoms with E-state index in [-0.39, 0.29) is 6.29 Å². The van der Waals surface area contributed by atoms with Gasteiger partial charge in [0.2, 0.25) is 0 Å². The van der Waals surface area contributed by atoms with Crippen molar-refractivity contribution in [2.45, 2.75) is 33.0 Å². The largest absolute Gasteiger partial charge is 0.465 e. The molecular formula is C12H17BrO2. The summed E-state index contributed by atoms with van der Waals surface area (Å²) >= 11 is 3.46. The number of aryl methyl sites for hydroxylation is 1. The van der Waals surface area contributed by atoms with Gasteiger partial charge in [-0.2, -0.15) is 0 Å². The van der Waals surface area contributed by atoms with E-state index in [0.29, 0.717) is 0 Å². The molecule has 2 nitrogen and oxygen atoms in total. The van der Waals surface area contributed by atoms with Gasteiger partial charge in [-0.15, -0.1) is 0 Å². The van der Waals surface area contributed by atoms with Gasteiger partial charge < -0.3 is 9.47 Å². The van der Waals surface area contributed by atoms with E-state index in [2.05, 4.69) is 22.9 Å². The van der Waals surface area contributed by atoms with E-state index in [4.69, 9.17) is 9.47 Å². The highest BCUT2D eigenvalue weighted by Crippen LogP contribution is 2.23. The summed E-state index contributed by atoms with van der Waals surface area (Å²) in [4.78, 5) is 0. The minimum atomic E-state index is -0.143. The summed E-state index contributed by atoms with van der Waals surface area (Å²) in [6.45, 7) is 4.15. The third-order valence-electron chi connectivity index (χ3n) is 2.18. The van der Waals surface area contributed by atoms with Gasteiger partial charge in [0.05, 0.1) is 0 Å². The van der Waals surface area contributed by atoms with Crippen LogP contribution in [0.15, 0.2) is 22.7 Å². The summed E-state index contributed by atoms with van der Waals surface area (Å²) in [7, 11) is 1.67. The second kappa shape index (κ2) is 6.13. The normalized spacial score (nSPS) is 12.5. The Morgan fingerprint density at radius 3 is 2.67 bits per heavy atom. The van der Waals surface area contributed by atoms with Crippen molar-refractivity contribution in [3.8, 4) is 5.75 Å². The first-order valence-corrected chi connectivity index (χ1v) is 5.92. The molecule has 84 valence electrons. The van der Waals surface area contributed by atoms with Gasteiger partial charge >= 0.3 is 0 Å². The zero-order valence-corrected chi connectivity index (χ0v) is 11.0. The van der Waals surface area contributed by atoms with Gasteiger partial charge in [-0.1, -0.05) is 29.3 Å². The molecule has 1 rings (SSSR count). The Kier molecular flexibility index (Phi) is 5.12. The van der Waals surface area contributed by atoms with Crippen LogP contribution in [0.25, 0.3) is 0 Å². The highest BCUT2D eigenvalue weighted by Gasteiger charge is 2.07. The minimum absolute atomic E-state index is 0.143. The molecular weight excluding hydrogens is 256 g/mol. The molecule has 0 bridgehead atoms. The van der Waals surface area contributed by atoms with Crippen LogP contribution in [-0.4, -0.2) is 13.4 Å². The van der Waals surface area contributed by atoms with Crippen LogP contribution in [0.5, 0.6) is 5.75 Å². The molecule has 0 aromatic heterocycles. The predicted molar refractivity (Wildman–Crippen MR) is 65.2 cm³/mol. The molecule has 0 aliphatic heterocycles. The highest BCUT2D eigenvalue weighted by molar-refractivity contribution is 9.10. The van der Waals surface area contributed by atoms with E-state index in [1.165, 1.54) is 5.56 Å². The zero-order chi connectivity index (χ0) is 11.3. The lowest BCUT2D eigenvalue weighted by Gasteiger charge is -2.17. The number of hydrogen-bond acceptors (Lipinski definition) is 2. The van der Waals surface area contributed by atoms with Gasteiger partial charge in [-0.05, 0) is 30.7 Å². The molecule has 0 amide bonds. The summed E-state index contributed by atoms with van der Waals surface area (Å²) in [5.74, 6) is 0.857. The van der Waals surface area contributed by atoms with Crippen molar-refractivity contribution in [3.63, 3.8) is 0 Å². The third-order valence-corrected chi connectivity index (χ3v) is 3.07. The molecule has 0 spiro atoms. The van der Waals surface area contributed by atoms with Gasteiger partial charge in [0, 0.05) is 18.0 Å². The quantitative estimate of drug-likeness (QED) is 0.757. The molecule has 0 N–H and O–H groups in total. The van der Waals surface area contributed by atoms with Crippen LogP contribution in [0.4, 0.5) is 0 Å². The number of ether oxygens (including phenoxy) is 2. The van der Waals surface area contributed by atoms with Crippen molar-refractivity contribution in [1.29, 1.82) is 0 Å². The molecule has 1 aromatic rings. The summed E-state index contributed by atoms with van der Waals surface area (Å²) in [5, 5.41) is 0. The van der Waals surface area contributed by atoms with E-state index in [9.17, 15) is 0 Å². The lowest BCUT2D eigenvalue weighted by atomic mass is 10.2. The van der Waals surface area contributed by atoms with Crippen LogP contribution in [0.2, 0.25) is 0 Å². The fraction of sp³-hybridized carbons (Fsp3) is 0.500. The Morgan fingerprint density at radius 1 is 1.40 bits per heavy atom. The molecule has 3 heteroatoms. The Bertz CT molecular complexity index is 312. The van der Waals surface area contributed by atoms with Crippen molar-refractivity contribution >= 4 is 15.9 Å². The Hall–Kier alpha value is -0.540. The van der Waals surface area contributed by atoms with Crippen molar-refractivity contribution in [1.82, 2.24) is 0 Å². The molecule has 1 aromatic carbocycles. The topological polar surface area (TPSA) is 18.5 Å². The molecule has 0 radical (unpaired) electrons. The third kappa shape index (κ3) is 3.84. The molecule has 0 aliphatic rings. The monoisotopic (exact) mass is 272 g/mol. The average molecular weight is 273 g/mol. The SMILES string of the molecule is CCCC(OC)Oc1ccc(Br)c(C)c1. The van der Waals surface area contributed by atoms with Gasteiger partial charge in [0.1, 0.15) is 5.75 Å². The summed E-state index contributed by atoms with van der Waals surface area (Å²) < 4.78 is 12.0. The summed E-state index contributed by atoms with van der Waals surface area (Å²) in [5.41, 5.74) is 1.17. The van der Waals surface area contributed by atoms with Crippen LogP contribution in [-0.2, 0) is 4.74 Å². The zero-order valence-electron chi connectivity index (χ0n) is 9.42. The lowest BCUT2D eigenvalue weighted by molar-refractivity contribution is -0.0584. The standard InChI is InChI=1S/C12H17BrO2/c1-4-5-12(14-3)15-10-6-7-11(13)9(2)8-10/h6-8,12H,4-5H2,1-3H3. The number of halogens is 1. The van der Waals surface area contributed by atoms with Crippen LogP contribution < -0.4 is 4.74 Å².